The Balaban J connectivity index is 1.53. The van der Waals surface area contributed by atoms with Crippen molar-refractivity contribution in [2.45, 2.75) is 57.8 Å². The zero-order valence-corrected chi connectivity index (χ0v) is 17.4. The molecule has 2 atom stereocenters. The van der Waals surface area contributed by atoms with E-state index in [9.17, 15) is 14.7 Å². The van der Waals surface area contributed by atoms with Crippen LogP contribution in [0, 0.1) is 0 Å². The number of rotatable bonds is 7. The molecule has 0 radical (unpaired) electrons. The van der Waals surface area contributed by atoms with Gasteiger partial charge in [0.05, 0.1) is 6.10 Å². The van der Waals surface area contributed by atoms with E-state index in [2.05, 4.69) is 17.4 Å². The Morgan fingerprint density at radius 1 is 1.07 bits per heavy atom. The van der Waals surface area contributed by atoms with Gasteiger partial charge in [-0.3, -0.25) is 9.59 Å². The molecule has 2 aromatic carbocycles. The zero-order chi connectivity index (χ0) is 21.0. The standard InChI is InChI=1S/C24H30N2O3/c1-16(2)26(3)24(29)18-10-8-17(9-11-18)22(27)12-13-23(28)21-14-19-6-4-5-7-20(19)15-25-21/h4-11,16,21,23,25,28H,12-15H2,1-3H3/t21-,23+/m0/s1. The van der Waals surface area contributed by atoms with Gasteiger partial charge in [-0.05, 0) is 49.9 Å². The van der Waals surface area contributed by atoms with Gasteiger partial charge in [-0.2, -0.15) is 0 Å². The van der Waals surface area contributed by atoms with Gasteiger partial charge in [0.25, 0.3) is 5.91 Å². The molecule has 5 nitrogen and oxygen atoms in total. The van der Waals surface area contributed by atoms with Crippen molar-refractivity contribution < 1.29 is 14.7 Å². The normalized spacial score (nSPS) is 16.9. The van der Waals surface area contributed by atoms with Crippen molar-refractivity contribution in [3.63, 3.8) is 0 Å². The largest absolute Gasteiger partial charge is 0.391 e. The summed E-state index contributed by atoms with van der Waals surface area (Å²) < 4.78 is 0. The fourth-order valence-corrected chi connectivity index (χ4v) is 3.61. The topological polar surface area (TPSA) is 69.6 Å². The van der Waals surface area contributed by atoms with E-state index in [1.165, 1.54) is 11.1 Å². The average molecular weight is 395 g/mol. The summed E-state index contributed by atoms with van der Waals surface area (Å²) in [5.41, 5.74) is 3.67. The molecule has 5 heteroatoms. The maximum absolute atomic E-state index is 12.5. The molecule has 0 unspecified atom stereocenters. The van der Waals surface area contributed by atoms with E-state index < -0.39 is 6.10 Å². The van der Waals surface area contributed by atoms with Crippen molar-refractivity contribution in [2.75, 3.05) is 7.05 Å². The number of benzene rings is 2. The van der Waals surface area contributed by atoms with E-state index in [0.29, 0.717) is 17.5 Å². The van der Waals surface area contributed by atoms with Crippen LogP contribution in [0.5, 0.6) is 0 Å². The van der Waals surface area contributed by atoms with Crippen molar-refractivity contribution >= 4 is 11.7 Å². The number of nitrogens with zero attached hydrogens (tertiary/aromatic N) is 1. The predicted molar refractivity (Wildman–Crippen MR) is 114 cm³/mol. The molecule has 0 fully saturated rings. The van der Waals surface area contributed by atoms with E-state index in [0.717, 1.165) is 13.0 Å². The number of hydrogen-bond donors (Lipinski definition) is 2. The summed E-state index contributed by atoms with van der Waals surface area (Å²) in [7, 11) is 1.77. The number of Topliss-reactive ketones (excluding diaryl/α,β-unsaturated/α-hetero) is 1. The summed E-state index contributed by atoms with van der Waals surface area (Å²) in [6.07, 6.45) is 0.884. The van der Waals surface area contributed by atoms with Crippen LogP contribution in [0.4, 0.5) is 0 Å². The van der Waals surface area contributed by atoms with Crippen molar-refractivity contribution in [3.05, 3.63) is 70.8 Å². The highest BCUT2D eigenvalue weighted by Crippen LogP contribution is 2.20. The summed E-state index contributed by atoms with van der Waals surface area (Å²) in [4.78, 5) is 26.5. The molecule has 1 heterocycles. The number of carbonyl (C=O) groups excluding carboxylic acids is 2. The van der Waals surface area contributed by atoms with Crippen LogP contribution < -0.4 is 5.32 Å². The van der Waals surface area contributed by atoms with E-state index in [1.807, 2.05) is 26.0 Å². The summed E-state index contributed by atoms with van der Waals surface area (Å²) in [5.74, 6) is -0.0745. The van der Waals surface area contributed by atoms with Gasteiger partial charge in [0.15, 0.2) is 5.78 Å². The van der Waals surface area contributed by atoms with Crippen LogP contribution in [0.2, 0.25) is 0 Å². The fraction of sp³-hybridized carbons (Fsp3) is 0.417. The molecule has 3 rings (SSSR count). The molecular formula is C24H30N2O3. The molecule has 0 aromatic heterocycles. The molecule has 2 N–H and O–H groups in total. The van der Waals surface area contributed by atoms with Gasteiger partial charge in [0, 0.05) is 43.2 Å². The van der Waals surface area contributed by atoms with Crippen LogP contribution in [0.25, 0.3) is 0 Å². The first-order valence-electron chi connectivity index (χ1n) is 10.3. The lowest BCUT2D eigenvalue weighted by Gasteiger charge is -2.29. The minimum absolute atomic E-state index is 0.0172. The highest BCUT2D eigenvalue weighted by molar-refractivity contribution is 5.98. The predicted octanol–water partition coefficient (Wildman–Crippen LogP) is 3.21. The lowest BCUT2D eigenvalue weighted by molar-refractivity contribution is 0.0754. The Labute approximate surface area is 172 Å². The maximum Gasteiger partial charge on any atom is 0.253 e. The van der Waals surface area contributed by atoms with E-state index in [4.69, 9.17) is 0 Å². The number of carbonyl (C=O) groups is 2. The van der Waals surface area contributed by atoms with E-state index in [1.54, 1.807) is 36.2 Å². The van der Waals surface area contributed by atoms with Crippen LogP contribution in [0.1, 0.15) is 58.5 Å². The number of ketones is 1. The van der Waals surface area contributed by atoms with Gasteiger partial charge >= 0.3 is 0 Å². The van der Waals surface area contributed by atoms with Crippen LogP contribution in [0.3, 0.4) is 0 Å². The molecule has 29 heavy (non-hydrogen) atoms. The molecule has 1 aliphatic rings. The molecule has 0 spiro atoms. The Bertz CT molecular complexity index is 861. The van der Waals surface area contributed by atoms with Crippen LogP contribution >= 0.6 is 0 Å². The van der Waals surface area contributed by atoms with E-state index >= 15 is 0 Å². The van der Waals surface area contributed by atoms with Gasteiger partial charge in [0.1, 0.15) is 0 Å². The Kier molecular flexibility index (Phi) is 6.83. The van der Waals surface area contributed by atoms with Gasteiger partial charge in [-0.15, -0.1) is 0 Å². The zero-order valence-electron chi connectivity index (χ0n) is 17.4. The molecule has 2 aromatic rings. The van der Waals surface area contributed by atoms with Crippen molar-refractivity contribution in [2.24, 2.45) is 0 Å². The van der Waals surface area contributed by atoms with Gasteiger partial charge in [0.2, 0.25) is 0 Å². The Morgan fingerprint density at radius 2 is 1.69 bits per heavy atom. The Morgan fingerprint density at radius 3 is 2.34 bits per heavy atom. The second-order valence-electron chi connectivity index (χ2n) is 8.08. The minimum atomic E-state index is -0.576. The third kappa shape index (κ3) is 5.11. The number of aliphatic hydroxyl groups excluding tert-OH is 1. The Hall–Kier alpha value is -2.50. The van der Waals surface area contributed by atoms with E-state index in [-0.39, 0.29) is 30.2 Å². The van der Waals surface area contributed by atoms with Crippen LogP contribution in [-0.4, -0.2) is 46.9 Å². The van der Waals surface area contributed by atoms with Crippen molar-refractivity contribution in [3.8, 4) is 0 Å². The SMILES string of the molecule is CC(C)N(C)C(=O)c1ccc(C(=O)CC[C@@H](O)[C@@H]2Cc3ccccc3CN2)cc1. The van der Waals surface area contributed by atoms with Crippen LogP contribution in [-0.2, 0) is 13.0 Å². The second kappa shape index (κ2) is 9.33. The maximum atomic E-state index is 12.5. The number of nitrogens with one attached hydrogen (secondary N) is 1. The third-order valence-electron chi connectivity index (χ3n) is 5.79. The molecule has 1 amide bonds. The second-order valence-corrected chi connectivity index (χ2v) is 8.08. The average Bonchev–Trinajstić information content (AvgIpc) is 2.75. The first kappa shape index (κ1) is 21.2. The fourth-order valence-electron chi connectivity index (χ4n) is 3.61. The smallest absolute Gasteiger partial charge is 0.253 e. The number of amides is 1. The molecule has 0 bridgehead atoms. The first-order valence-corrected chi connectivity index (χ1v) is 10.3. The third-order valence-corrected chi connectivity index (χ3v) is 5.79. The molecule has 1 aliphatic heterocycles. The lowest BCUT2D eigenvalue weighted by atomic mass is 9.90. The molecule has 0 aliphatic carbocycles. The number of aliphatic hydroxyl groups is 1. The summed E-state index contributed by atoms with van der Waals surface area (Å²) >= 11 is 0. The van der Waals surface area contributed by atoms with Gasteiger partial charge < -0.3 is 15.3 Å². The monoisotopic (exact) mass is 394 g/mol. The summed E-state index contributed by atoms with van der Waals surface area (Å²) in [6, 6.07) is 15.1. The molecule has 0 saturated heterocycles. The van der Waals surface area contributed by atoms with Gasteiger partial charge in [-0.1, -0.05) is 36.4 Å². The number of hydrogen-bond acceptors (Lipinski definition) is 4. The summed E-state index contributed by atoms with van der Waals surface area (Å²) in [5, 5.41) is 13.9. The number of fused-ring (bicyclic) bond motifs is 1. The first-order chi connectivity index (χ1) is 13.9. The lowest BCUT2D eigenvalue weighted by Crippen LogP contribution is -2.44. The van der Waals surface area contributed by atoms with Gasteiger partial charge in [-0.25, -0.2) is 0 Å². The minimum Gasteiger partial charge on any atom is -0.391 e. The molecule has 0 saturated carbocycles. The summed E-state index contributed by atoms with van der Waals surface area (Å²) in [6.45, 7) is 4.66. The molecular weight excluding hydrogens is 364 g/mol. The van der Waals surface area contributed by atoms with Crippen molar-refractivity contribution in [1.82, 2.24) is 10.2 Å². The van der Waals surface area contributed by atoms with Crippen molar-refractivity contribution in [1.29, 1.82) is 0 Å². The quantitative estimate of drug-likeness (QED) is 0.708. The van der Waals surface area contributed by atoms with Crippen LogP contribution in [0.15, 0.2) is 48.5 Å². The highest BCUT2D eigenvalue weighted by atomic mass is 16.3. The molecule has 154 valence electrons. The highest BCUT2D eigenvalue weighted by Gasteiger charge is 2.25.